The molecule has 0 radical (unpaired) electrons. The third-order valence-corrected chi connectivity index (χ3v) is 2.61. The van der Waals surface area contributed by atoms with Crippen LogP contribution < -0.4 is 5.73 Å². The summed E-state index contributed by atoms with van der Waals surface area (Å²) in [7, 11) is 0. The summed E-state index contributed by atoms with van der Waals surface area (Å²) in [6.45, 7) is 0.924. The number of rotatable bonds is 4. The molecule has 2 nitrogen and oxygen atoms in total. The first kappa shape index (κ1) is 8.71. The predicted octanol–water partition coefficient (Wildman–Crippen LogP) is 0.784. The van der Waals surface area contributed by atoms with Crippen molar-refractivity contribution in [3.05, 3.63) is 21.9 Å². The molecular formula is C8H13NOS. The topological polar surface area (TPSA) is 46.2 Å². The summed E-state index contributed by atoms with van der Waals surface area (Å²) in [6.07, 6.45) is 1.70. The summed E-state index contributed by atoms with van der Waals surface area (Å²) in [5.74, 6) is 0. The maximum Gasteiger partial charge on any atom is 0.0479 e. The molecule has 0 bridgehead atoms. The summed E-state index contributed by atoms with van der Waals surface area (Å²) in [6, 6.07) is 2.09. The van der Waals surface area contributed by atoms with Gasteiger partial charge in [0.05, 0.1) is 0 Å². The van der Waals surface area contributed by atoms with E-state index in [1.54, 1.807) is 11.3 Å². The van der Waals surface area contributed by atoms with E-state index < -0.39 is 0 Å². The molecule has 11 heavy (non-hydrogen) atoms. The van der Waals surface area contributed by atoms with Crippen molar-refractivity contribution in [1.29, 1.82) is 0 Å². The Morgan fingerprint density at radius 3 is 2.91 bits per heavy atom. The Kier molecular flexibility index (Phi) is 3.56. The summed E-state index contributed by atoms with van der Waals surface area (Å²) in [5, 5.41) is 10.8. The minimum Gasteiger partial charge on any atom is -0.396 e. The van der Waals surface area contributed by atoms with Crippen molar-refractivity contribution in [2.45, 2.75) is 12.8 Å². The maximum absolute atomic E-state index is 8.71. The fourth-order valence-corrected chi connectivity index (χ4v) is 1.99. The molecule has 0 amide bonds. The number of nitrogens with two attached hydrogens (primary N) is 1. The third-order valence-electron chi connectivity index (χ3n) is 1.59. The normalized spacial score (nSPS) is 10.4. The van der Waals surface area contributed by atoms with Crippen molar-refractivity contribution in [3.63, 3.8) is 0 Å². The quantitative estimate of drug-likeness (QED) is 0.703. The average molecular weight is 171 g/mol. The van der Waals surface area contributed by atoms with Crippen LogP contribution in [0.25, 0.3) is 0 Å². The van der Waals surface area contributed by atoms with Gasteiger partial charge in [0.15, 0.2) is 0 Å². The van der Waals surface area contributed by atoms with E-state index in [0.717, 1.165) is 12.8 Å². The van der Waals surface area contributed by atoms with Crippen LogP contribution in [0, 0.1) is 0 Å². The van der Waals surface area contributed by atoms with Gasteiger partial charge in [-0.3, -0.25) is 0 Å². The lowest BCUT2D eigenvalue weighted by Crippen LogP contribution is -2.03. The smallest absolute Gasteiger partial charge is 0.0479 e. The SMILES string of the molecule is NCCc1ccsc1CCO. The number of thiophene rings is 1. The van der Waals surface area contributed by atoms with E-state index in [1.807, 2.05) is 0 Å². The second-order valence-electron chi connectivity index (χ2n) is 2.38. The molecule has 0 fully saturated rings. The lowest BCUT2D eigenvalue weighted by molar-refractivity contribution is 0.300. The lowest BCUT2D eigenvalue weighted by atomic mass is 10.1. The van der Waals surface area contributed by atoms with Gasteiger partial charge in [0, 0.05) is 17.9 Å². The number of aliphatic hydroxyl groups is 1. The van der Waals surface area contributed by atoms with Crippen molar-refractivity contribution in [1.82, 2.24) is 0 Å². The van der Waals surface area contributed by atoms with Crippen LogP contribution in [0.15, 0.2) is 11.4 Å². The molecule has 62 valence electrons. The average Bonchev–Trinajstić information content (AvgIpc) is 2.39. The van der Waals surface area contributed by atoms with Crippen LogP contribution in [-0.4, -0.2) is 18.3 Å². The first-order valence-electron chi connectivity index (χ1n) is 3.74. The van der Waals surface area contributed by atoms with Crippen LogP contribution in [0.1, 0.15) is 10.4 Å². The molecule has 0 unspecified atom stereocenters. The summed E-state index contributed by atoms with van der Waals surface area (Å²) in [5.41, 5.74) is 6.72. The number of aliphatic hydroxyl groups excluding tert-OH is 1. The molecule has 1 rings (SSSR count). The van der Waals surface area contributed by atoms with Crippen LogP contribution in [-0.2, 0) is 12.8 Å². The molecule has 0 aliphatic heterocycles. The minimum absolute atomic E-state index is 0.234. The van der Waals surface area contributed by atoms with E-state index in [4.69, 9.17) is 10.8 Å². The largest absolute Gasteiger partial charge is 0.396 e. The van der Waals surface area contributed by atoms with Crippen molar-refractivity contribution >= 4 is 11.3 Å². The highest BCUT2D eigenvalue weighted by Gasteiger charge is 2.01. The van der Waals surface area contributed by atoms with E-state index in [0.29, 0.717) is 6.54 Å². The Labute approximate surface area is 70.7 Å². The van der Waals surface area contributed by atoms with Crippen LogP contribution in [0.5, 0.6) is 0 Å². The monoisotopic (exact) mass is 171 g/mol. The van der Waals surface area contributed by atoms with Crippen LogP contribution in [0.2, 0.25) is 0 Å². The molecule has 0 spiro atoms. The Morgan fingerprint density at radius 2 is 2.27 bits per heavy atom. The zero-order valence-electron chi connectivity index (χ0n) is 6.42. The molecule has 0 saturated carbocycles. The molecule has 1 aromatic rings. The summed E-state index contributed by atoms with van der Waals surface area (Å²) >= 11 is 1.70. The van der Waals surface area contributed by atoms with Gasteiger partial charge in [-0.05, 0) is 30.0 Å². The lowest BCUT2D eigenvalue weighted by Gasteiger charge is -1.98. The molecule has 0 aliphatic rings. The Hall–Kier alpha value is -0.380. The van der Waals surface area contributed by atoms with Crippen LogP contribution in [0.3, 0.4) is 0 Å². The predicted molar refractivity (Wildman–Crippen MR) is 47.9 cm³/mol. The van der Waals surface area contributed by atoms with Crippen molar-refractivity contribution in [2.24, 2.45) is 5.73 Å². The van der Waals surface area contributed by atoms with Gasteiger partial charge >= 0.3 is 0 Å². The minimum atomic E-state index is 0.234. The van der Waals surface area contributed by atoms with Gasteiger partial charge < -0.3 is 10.8 Å². The van der Waals surface area contributed by atoms with E-state index in [-0.39, 0.29) is 6.61 Å². The first-order valence-corrected chi connectivity index (χ1v) is 4.62. The Bertz CT molecular complexity index is 189. The van der Waals surface area contributed by atoms with Crippen molar-refractivity contribution in [3.8, 4) is 0 Å². The highest BCUT2D eigenvalue weighted by molar-refractivity contribution is 7.10. The zero-order valence-corrected chi connectivity index (χ0v) is 7.23. The van der Waals surface area contributed by atoms with Gasteiger partial charge in [-0.2, -0.15) is 0 Å². The molecule has 1 aromatic heterocycles. The van der Waals surface area contributed by atoms with E-state index in [2.05, 4.69) is 11.4 Å². The van der Waals surface area contributed by atoms with Crippen molar-refractivity contribution in [2.75, 3.05) is 13.2 Å². The third kappa shape index (κ3) is 2.29. The molecule has 0 aliphatic carbocycles. The molecule has 3 N–H and O–H groups in total. The molecule has 0 atom stereocenters. The highest BCUT2D eigenvalue weighted by Crippen LogP contribution is 2.17. The fraction of sp³-hybridized carbons (Fsp3) is 0.500. The Morgan fingerprint density at radius 1 is 1.45 bits per heavy atom. The second-order valence-corrected chi connectivity index (χ2v) is 3.38. The standard InChI is InChI=1S/C8H13NOS/c9-4-1-7-3-6-11-8(7)2-5-10/h3,6,10H,1-2,4-5,9H2. The van der Waals surface area contributed by atoms with Crippen LogP contribution >= 0.6 is 11.3 Å². The van der Waals surface area contributed by atoms with Crippen molar-refractivity contribution < 1.29 is 5.11 Å². The summed E-state index contributed by atoms with van der Waals surface area (Å²) < 4.78 is 0. The van der Waals surface area contributed by atoms with Gasteiger partial charge in [0.25, 0.3) is 0 Å². The van der Waals surface area contributed by atoms with Gasteiger partial charge in [0.2, 0.25) is 0 Å². The summed E-state index contributed by atoms with van der Waals surface area (Å²) in [4.78, 5) is 1.28. The molecular weight excluding hydrogens is 158 g/mol. The second kappa shape index (κ2) is 4.49. The molecule has 1 heterocycles. The number of hydrogen-bond donors (Lipinski definition) is 2. The van der Waals surface area contributed by atoms with E-state index in [1.165, 1.54) is 10.4 Å². The highest BCUT2D eigenvalue weighted by atomic mass is 32.1. The van der Waals surface area contributed by atoms with Gasteiger partial charge in [-0.1, -0.05) is 0 Å². The van der Waals surface area contributed by atoms with Gasteiger partial charge in [0.1, 0.15) is 0 Å². The zero-order chi connectivity index (χ0) is 8.10. The first-order chi connectivity index (χ1) is 5.38. The van der Waals surface area contributed by atoms with Gasteiger partial charge in [-0.25, -0.2) is 0 Å². The van der Waals surface area contributed by atoms with E-state index in [9.17, 15) is 0 Å². The molecule has 0 aromatic carbocycles. The fourth-order valence-electron chi connectivity index (χ4n) is 1.07. The van der Waals surface area contributed by atoms with E-state index >= 15 is 0 Å². The van der Waals surface area contributed by atoms with Gasteiger partial charge in [-0.15, -0.1) is 11.3 Å². The molecule has 3 heteroatoms. The number of hydrogen-bond acceptors (Lipinski definition) is 3. The maximum atomic E-state index is 8.71. The molecule has 0 saturated heterocycles. The van der Waals surface area contributed by atoms with Crippen LogP contribution in [0.4, 0.5) is 0 Å². The Balaban J connectivity index is 2.62.